The van der Waals surface area contributed by atoms with Crippen LogP contribution in [0.3, 0.4) is 0 Å². The van der Waals surface area contributed by atoms with Crippen LogP contribution in [0.4, 0.5) is 15.3 Å². The van der Waals surface area contributed by atoms with Gasteiger partial charge in [-0.05, 0) is 51.3 Å². The van der Waals surface area contributed by atoms with Crippen LogP contribution >= 0.6 is 0 Å². The second-order valence-corrected chi connectivity index (χ2v) is 9.19. The number of rotatable bonds is 5. The molecular weight excluding hydrogens is 420 g/mol. The smallest absolute Gasteiger partial charge is 0.435 e. The number of nitrogens with one attached hydrogen (secondary N) is 1. The minimum Gasteiger partial charge on any atom is -0.445 e. The molecule has 1 aliphatic rings. The molecule has 1 atom stereocenters. The van der Waals surface area contributed by atoms with Crippen molar-refractivity contribution in [3.8, 4) is 0 Å². The summed E-state index contributed by atoms with van der Waals surface area (Å²) < 4.78 is 12.3. The van der Waals surface area contributed by atoms with Crippen LogP contribution in [0.1, 0.15) is 39.2 Å². The number of ether oxygens (including phenoxy) is 2. The number of aromatic nitrogens is 2. The molecule has 8 heteroatoms. The highest BCUT2D eigenvalue weighted by Crippen LogP contribution is 2.26. The standard InChI is InChI=1S/C25H30N4O4/c1-25(2,3)33-24(31)29-22-13-7-12-21(20(22)16-27-29)26-15-19-11-8-14-28(19)23(30)32-17-18-9-5-4-6-10-18/h4-7,9-10,12-13,16,19,26H,8,11,14-15,17H2,1-3H3/t19-/m1/s1. The van der Waals surface area contributed by atoms with Gasteiger partial charge in [-0.25, -0.2) is 9.59 Å². The Morgan fingerprint density at radius 1 is 1.09 bits per heavy atom. The van der Waals surface area contributed by atoms with Gasteiger partial charge < -0.3 is 19.7 Å². The van der Waals surface area contributed by atoms with E-state index in [1.165, 1.54) is 4.68 Å². The van der Waals surface area contributed by atoms with Gasteiger partial charge in [-0.3, -0.25) is 0 Å². The quantitative estimate of drug-likeness (QED) is 0.587. The zero-order valence-electron chi connectivity index (χ0n) is 19.3. The number of likely N-dealkylation sites (tertiary alicyclic amines) is 1. The molecule has 0 radical (unpaired) electrons. The maximum absolute atomic E-state index is 12.7. The van der Waals surface area contributed by atoms with Crippen LogP contribution in [-0.4, -0.2) is 51.6 Å². The number of carbonyl (C=O) groups is 2. The minimum absolute atomic E-state index is 0.0319. The Kier molecular flexibility index (Phi) is 6.53. The average molecular weight is 451 g/mol. The molecular formula is C25H30N4O4. The van der Waals surface area contributed by atoms with Crippen LogP contribution in [0, 0.1) is 0 Å². The molecule has 1 N–H and O–H groups in total. The highest BCUT2D eigenvalue weighted by molar-refractivity contribution is 5.95. The van der Waals surface area contributed by atoms with Gasteiger partial charge in [0.1, 0.15) is 12.2 Å². The first-order valence-corrected chi connectivity index (χ1v) is 11.2. The fourth-order valence-corrected chi connectivity index (χ4v) is 3.97. The molecule has 1 saturated heterocycles. The first-order valence-electron chi connectivity index (χ1n) is 11.2. The van der Waals surface area contributed by atoms with Crippen LogP contribution < -0.4 is 5.32 Å². The third kappa shape index (κ3) is 5.45. The molecule has 0 spiro atoms. The summed E-state index contributed by atoms with van der Waals surface area (Å²) in [4.78, 5) is 26.9. The average Bonchev–Trinajstić information content (AvgIpc) is 3.43. The predicted molar refractivity (Wildman–Crippen MR) is 126 cm³/mol. The van der Waals surface area contributed by atoms with E-state index in [0.717, 1.165) is 29.5 Å². The van der Waals surface area contributed by atoms with Crippen molar-refractivity contribution in [2.24, 2.45) is 0 Å². The summed E-state index contributed by atoms with van der Waals surface area (Å²) in [5, 5.41) is 8.49. The van der Waals surface area contributed by atoms with Crippen LogP contribution in [0.15, 0.2) is 54.7 Å². The van der Waals surface area contributed by atoms with Crippen molar-refractivity contribution in [1.82, 2.24) is 14.7 Å². The number of hydrogen-bond donors (Lipinski definition) is 1. The molecule has 4 rings (SSSR count). The van der Waals surface area contributed by atoms with Crippen molar-refractivity contribution in [3.05, 3.63) is 60.3 Å². The van der Waals surface area contributed by atoms with Gasteiger partial charge in [0.15, 0.2) is 0 Å². The minimum atomic E-state index is -0.605. The molecule has 33 heavy (non-hydrogen) atoms. The van der Waals surface area contributed by atoms with E-state index in [9.17, 15) is 9.59 Å². The monoisotopic (exact) mass is 450 g/mol. The summed E-state index contributed by atoms with van der Waals surface area (Å²) in [5.74, 6) is 0. The van der Waals surface area contributed by atoms with Crippen molar-refractivity contribution in [1.29, 1.82) is 0 Å². The SMILES string of the molecule is CC(C)(C)OC(=O)n1ncc2c(NC[C@H]3CCCN3C(=O)OCc3ccccc3)cccc21. The van der Waals surface area contributed by atoms with Crippen LogP contribution in [0.5, 0.6) is 0 Å². The Labute approximate surface area is 193 Å². The molecule has 2 aromatic carbocycles. The second-order valence-electron chi connectivity index (χ2n) is 9.19. The highest BCUT2D eigenvalue weighted by Gasteiger charge is 2.30. The Morgan fingerprint density at radius 2 is 1.88 bits per heavy atom. The maximum atomic E-state index is 12.7. The Balaban J connectivity index is 1.40. The van der Waals surface area contributed by atoms with Gasteiger partial charge in [0.2, 0.25) is 0 Å². The molecule has 0 saturated carbocycles. The van der Waals surface area contributed by atoms with E-state index >= 15 is 0 Å². The molecule has 0 unspecified atom stereocenters. The number of nitrogens with zero attached hydrogens (tertiary/aromatic N) is 3. The normalized spacial score (nSPS) is 16.1. The summed E-state index contributed by atoms with van der Waals surface area (Å²) in [6.07, 6.45) is 2.69. The number of benzene rings is 2. The molecule has 1 amide bonds. The summed E-state index contributed by atoms with van der Waals surface area (Å²) >= 11 is 0. The van der Waals surface area contributed by atoms with E-state index in [2.05, 4.69) is 10.4 Å². The van der Waals surface area contributed by atoms with Gasteiger partial charge >= 0.3 is 12.2 Å². The van der Waals surface area contributed by atoms with Crippen molar-refractivity contribution >= 4 is 28.8 Å². The molecule has 0 aliphatic carbocycles. The number of fused-ring (bicyclic) bond motifs is 1. The van der Waals surface area contributed by atoms with Gasteiger partial charge in [0, 0.05) is 24.2 Å². The Morgan fingerprint density at radius 3 is 2.64 bits per heavy atom. The van der Waals surface area contributed by atoms with Crippen molar-refractivity contribution in [2.75, 3.05) is 18.4 Å². The van der Waals surface area contributed by atoms with Crippen LogP contribution in [-0.2, 0) is 16.1 Å². The lowest BCUT2D eigenvalue weighted by atomic mass is 10.2. The van der Waals surface area contributed by atoms with E-state index < -0.39 is 11.7 Å². The molecule has 3 aromatic rings. The lowest BCUT2D eigenvalue weighted by Gasteiger charge is -2.25. The summed E-state index contributed by atoms with van der Waals surface area (Å²) in [6.45, 7) is 6.99. The highest BCUT2D eigenvalue weighted by atomic mass is 16.6. The zero-order valence-corrected chi connectivity index (χ0v) is 19.3. The van der Waals surface area contributed by atoms with Gasteiger partial charge in [0.05, 0.1) is 17.8 Å². The fourth-order valence-electron chi connectivity index (χ4n) is 3.97. The zero-order chi connectivity index (χ0) is 23.4. The molecule has 8 nitrogen and oxygen atoms in total. The first kappa shape index (κ1) is 22.6. The molecule has 2 heterocycles. The van der Waals surface area contributed by atoms with Crippen molar-refractivity contribution < 1.29 is 19.1 Å². The number of hydrogen-bond acceptors (Lipinski definition) is 6. The molecule has 1 aliphatic heterocycles. The predicted octanol–water partition coefficient (Wildman–Crippen LogP) is 5.03. The van der Waals surface area contributed by atoms with E-state index in [1.54, 1.807) is 11.1 Å². The van der Waals surface area contributed by atoms with E-state index in [0.29, 0.717) is 18.6 Å². The third-order valence-electron chi connectivity index (χ3n) is 5.52. The molecule has 1 aromatic heterocycles. The van der Waals surface area contributed by atoms with Gasteiger partial charge in [-0.1, -0.05) is 36.4 Å². The van der Waals surface area contributed by atoms with Crippen molar-refractivity contribution in [2.45, 2.75) is 51.9 Å². The van der Waals surface area contributed by atoms with E-state index in [1.807, 2.05) is 69.3 Å². The van der Waals surface area contributed by atoms with E-state index in [-0.39, 0.29) is 18.7 Å². The topological polar surface area (TPSA) is 85.7 Å². The molecule has 1 fully saturated rings. The lowest BCUT2D eigenvalue weighted by Crippen LogP contribution is -2.39. The summed E-state index contributed by atoms with van der Waals surface area (Å²) in [5.41, 5.74) is 1.88. The van der Waals surface area contributed by atoms with E-state index in [4.69, 9.17) is 9.47 Å². The Hall–Kier alpha value is -3.55. The number of anilines is 1. The summed E-state index contributed by atoms with van der Waals surface area (Å²) in [6, 6.07) is 15.3. The van der Waals surface area contributed by atoms with Gasteiger partial charge in [-0.2, -0.15) is 9.78 Å². The fraction of sp³-hybridized carbons (Fsp3) is 0.400. The van der Waals surface area contributed by atoms with Crippen molar-refractivity contribution in [3.63, 3.8) is 0 Å². The third-order valence-corrected chi connectivity index (χ3v) is 5.52. The van der Waals surface area contributed by atoms with Gasteiger partial charge in [0.25, 0.3) is 0 Å². The Bertz CT molecular complexity index is 1120. The first-order chi connectivity index (χ1) is 15.8. The second kappa shape index (κ2) is 9.52. The number of carbonyl (C=O) groups excluding carboxylic acids is 2. The largest absolute Gasteiger partial charge is 0.445 e. The maximum Gasteiger partial charge on any atom is 0.435 e. The summed E-state index contributed by atoms with van der Waals surface area (Å²) in [7, 11) is 0. The van der Waals surface area contributed by atoms with Crippen LogP contribution in [0.25, 0.3) is 10.9 Å². The number of amides is 1. The van der Waals surface area contributed by atoms with Gasteiger partial charge in [-0.15, -0.1) is 0 Å². The molecule has 174 valence electrons. The van der Waals surface area contributed by atoms with Crippen LogP contribution in [0.2, 0.25) is 0 Å². The lowest BCUT2D eigenvalue weighted by molar-refractivity contribution is 0.0522. The molecule has 0 bridgehead atoms.